The maximum atomic E-state index is 12.9. The van der Waals surface area contributed by atoms with Crippen LogP contribution < -0.4 is 10.0 Å². The van der Waals surface area contributed by atoms with Crippen molar-refractivity contribution in [3.8, 4) is 0 Å². The van der Waals surface area contributed by atoms with Crippen molar-refractivity contribution in [2.24, 2.45) is 0 Å². The minimum Gasteiger partial charge on any atom is -0.384 e. The summed E-state index contributed by atoms with van der Waals surface area (Å²) in [6.45, 7) is 3.63. The summed E-state index contributed by atoms with van der Waals surface area (Å²) in [6.07, 6.45) is 0. The molecular weight excluding hydrogens is 456 g/mol. The largest absolute Gasteiger partial charge is 0.384 e. The lowest BCUT2D eigenvalue weighted by Crippen LogP contribution is -2.23. The third-order valence-corrected chi connectivity index (χ3v) is 7.73. The second-order valence-corrected chi connectivity index (χ2v) is 10.7. The van der Waals surface area contributed by atoms with E-state index in [0.717, 1.165) is 16.4 Å². The molecule has 0 atom stereocenters. The zero-order valence-corrected chi connectivity index (χ0v) is 19.0. The standard InChI is InChI=1S/C17H21ClN4O6S2/c1-5-19-15-7-6-12(30(27,28)21(3)4)9-16(15)20-29(25,26)13-8-14(18)11(2)17(10-13)22(23)24/h6-10,19-20H,5H2,1-4H3. The van der Waals surface area contributed by atoms with Gasteiger partial charge in [0.1, 0.15) is 0 Å². The molecule has 0 saturated carbocycles. The number of nitrogens with zero attached hydrogens (tertiary/aromatic N) is 2. The summed E-state index contributed by atoms with van der Waals surface area (Å²) in [6, 6.07) is 5.95. The summed E-state index contributed by atoms with van der Waals surface area (Å²) in [7, 11) is -5.44. The second-order valence-electron chi connectivity index (χ2n) is 6.44. The van der Waals surface area contributed by atoms with Gasteiger partial charge in [-0.05, 0) is 38.1 Å². The Morgan fingerprint density at radius 2 is 1.70 bits per heavy atom. The third kappa shape index (κ3) is 4.83. The molecule has 2 aromatic carbocycles. The Balaban J connectivity index is 2.61. The molecule has 0 fully saturated rings. The molecule has 2 rings (SSSR count). The third-order valence-electron chi connectivity index (χ3n) is 4.18. The van der Waals surface area contributed by atoms with Crippen molar-refractivity contribution in [3.05, 3.63) is 51.0 Å². The average molecular weight is 477 g/mol. The van der Waals surface area contributed by atoms with Crippen molar-refractivity contribution in [1.29, 1.82) is 0 Å². The van der Waals surface area contributed by atoms with Crippen molar-refractivity contribution in [2.45, 2.75) is 23.6 Å². The number of nitrogens with one attached hydrogen (secondary N) is 2. The van der Waals surface area contributed by atoms with E-state index in [0.29, 0.717) is 12.2 Å². The van der Waals surface area contributed by atoms with E-state index in [-0.39, 0.29) is 21.2 Å². The van der Waals surface area contributed by atoms with E-state index in [1.54, 1.807) is 6.92 Å². The van der Waals surface area contributed by atoms with Gasteiger partial charge in [0, 0.05) is 32.3 Å². The van der Waals surface area contributed by atoms with E-state index >= 15 is 0 Å². The van der Waals surface area contributed by atoms with Crippen LogP contribution in [0.3, 0.4) is 0 Å². The summed E-state index contributed by atoms with van der Waals surface area (Å²) >= 11 is 5.98. The average Bonchev–Trinajstić information content (AvgIpc) is 2.64. The van der Waals surface area contributed by atoms with Crippen molar-refractivity contribution >= 4 is 48.7 Å². The summed E-state index contributed by atoms with van der Waals surface area (Å²) in [5.41, 5.74) is -0.00244. The van der Waals surface area contributed by atoms with Crippen molar-refractivity contribution < 1.29 is 21.8 Å². The lowest BCUT2D eigenvalue weighted by molar-refractivity contribution is -0.385. The van der Waals surface area contributed by atoms with Gasteiger partial charge < -0.3 is 5.32 Å². The first-order valence-electron chi connectivity index (χ1n) is 8.59. The quantitative estimate of drug-likeness (QED) is 0.441. The fourth-order valence-corrected chi connectivity index (χ4v) is 4.84. The van der Waals surface area contributed by atoms with E-state index in [4.69, 9.17) is 11.6 Å². The minimum atomic E-state index is -4.32. The lowest BCUT2D eigenvalue weighted by Gasteiger charge is -2.17. The highest BCUT2D eigenvalue weighted by Crippen LogP contribution is 2.32. The van der Waals surface area contributed by atoms with E-state index < -0.39 is 35.6 Å². The van der Waals surface area contributed by atoms with Gasteiger partial charge in [0.15, 0.2) is 0 Å². The second kappa shape index (κ2) is 8.76. The van der Waals surface area contributed by atoms with Gasteiger partial charge in [-0.3, -0.25) is 14.8 Å². The van der Waals surface area contributed by atoms with Crippen LogP contribution in [0.1, 0.15) is 12.5 Å². The Kier molecular flexibility index (Phi) is 6.97. The zero-order valence-electron chi connectivity index (χ0n) is 16.6. The van der Waals surface area contributed by atoms with Crippen LogP contribution in [0.25, 0.3) is 0 Å². The van der Waals surface area contributed by atoms with E-state index in [1.165, 1.54) is 39.2 Å². The molecule has 0 aliphatic heterocycles. The number of sulfonamides is 2. The number of hydrogen-bond donors (Lipinski definition) is 2. The highest BCUT2D eigenvalue weighted by Gasteiger charge is 2.25. The maximum absolute atomic E-state index is 12.9. The van der Waals surface area contributed by atoms with Crippen LogP contribution in [-0.2, 0) is 20.0 Å². The molecule has 0 heterocycles. The van der Waals surface area contributed by atoms with Crippen molar-refractivity contribution in [2.75, 3.05) is 30.7 Å². The Labute approximate surface area is 180 Å². The Bertz CT molecular complexity index is 1200. The van der Waals surface area contributed by atoms with Gasteiger partial charge in [0.25, 0.3) is 15.7 Å². The number of rotatable bonds is 8. The molecule has 0 radical (unpaired) electrons. The molecule has 0 aliphatic carbocycles. The van der Waals surface area contributed by atoms with Crippen LogP contribution >= 0.6 is 11.6 Å². The molecule has 0 aromatic heterocycles. The SMILES string of the molecule is CCNc1ccc(S(=O)(=O)N(C)C)cc1NS(=O)(=O)c1cc(Cl)c(C)c([N+](=O)[O-])c1. The molecule has 0 bridgehead atoms. The van der Waals surface area contributed by atoms with Crippen LogP contribution in [0.2, 0.25) is 5.02 Å². The van der Waals surface area contributed by atoms with Gasteiger partial charge in [0.05, 0.1) is 31.1 Å². The molecule has 13 heteroatoms. The first kappa shape index (κ1) is 23.9. The number of hydrogen-bond acceptors (Lipinski definition) is 7. The highest BCUT2D eigenvalue weighted by atomic mass is 35.5. The van der Waals surface area contributed by atoms with Crippen LogP contribution in [0.5, 0.6) is 0 Å². The maximum Gasteiger partial charge on any atom is 0.275 e. The monoisotopic (exact) mass is 476 g/mol. The molecule has 0 spiro atoms. The van der Waals surface area contributed by atoms with Crippen molar-refractivity contribution in [3.63, 3.8) is 0 Å². The highest BCUT2D eigenvalue weighted by molar-refractivity contribution is 7.92. The molecule has 2 aromatic rings. The van der Waals surface area contributed by atoms with Gasteiger partial charge in [-0.2, -0.15) is 0 Å². The molecule has 164 valence electrons. The van der Waals surface area contributed by atoms with Gasteiger partial charge in [-0.15, -0.1) is 0 Å². The van der Waals surface area contributed by atoms with Gasteiger partial charge in [-0.25, -0.2) is 21.1 Å². The fourth-order valence-electron chi connectivity index (χ4n) is 2.51. The predicted octanol–water partition coefficient (Wildman–Crippen LogP) is 3.04. The number of halogens is 1. The summed E-state index contributed by atoms with van der Waals surface area (Å²) < 4.78 is 54.0. The molecule has 0 unspecified atom stereocenters. The zero-order chi connectivity index (χ0) is 22.9. The molecule has 30 heavy (non-hydrogen) atoms. The topological polar surface area (TPSA) is 139 Å². The Morgan fingerprint density at radius 1 is 1.07 bits per heavy atom. The predicted molar refractivity (Wildman–Crippen MR) is 115 cm³/mol. The van der Waals surface area contributed by atoms with Crippen LogP contribution in [0, 0.1) is 17.0 Å². The number of nitro benzene ring substituents is 1. The molecule has 0 saturated heterocycles. The van der Waals surface area contributed by atoms with Crippen molar-refractivity contribution in [1.82, 2.24) is 4.31 Å². The molecule has 2 N–H and O–H groups in total. The fraction of sp³-hybridized carbons (Fsp3) is 0.294. The summed E-state index contributed by atoms with van der Waals surface area (Å²) in [4.78, 5) is 9.94. The smallest absolute Gasteiger partial charge is 0.275 e. The normalized spacial score (nSPS) is 12.1. The minimum absolute atomic E-state index is 0.0286. The van der Waals surface area contributed by atoms with E-state index in [9.17, 15) is 26.9 Å². The summed E-state index contributed by atoms with van der Waals surface area (Å²) in [5, 5.41) is 14.1. The molecule has 10 nitrogen and oxygen atoms in total. The van der Waals surface area contributed by atoms with Crippen LogP contribution in [0.15, 0.2) is 40.1 Å². The van der Waals surface area contributed by atoms with E-state index in [1.807, 2.05) is 0 Å². The van der Waals surface area contributed by atoms with Gasteiger partial charge in [0.2, 0.25) is 10.0 Å². The van der Waals surface area contributed by atoms with Gasteiger partial charge in [-0.1, -0.05) is 11.6 Å². The van der Waals surface area contributed by atoms with Crippen LogP contribution in [0.4, 0.5) is 17.1 Å². The molecule has 0 amide bonds. The Morgan fingerprint density at radius 3 is 2.23 bits per heavy atom. The lowest BCUT2D eigenvalue weighted by atomic mass is 10.2. The van der Waals surface area contributed by atoms with Crippen LogP contribution in [-0.4, -0.2) is 46.7 Å². The Hall–Kier alpha value is -2.41. The van der Waals surface area contributed by atoms with Gasteiger partial charge >= 0.3 is 0 Å². The molecule has 0 aliphatic rings. The number of nitro groups is 1. The first-order chi connectivity index (χ1) is 13.8. The summed E-state index contributed by atoms with van der Waals surface area (Å²) in [5.74, 6) is 0. The molecular formula is C17H21ClN4O6S2. The first-order valence-corrected chi connectivity index (χ1v) is 11.9. The number of benzene rings is 2. The number of anilines is 2. The van der Waals surface area contributed by atoms with E-state index in [2.05, 4.69) is 10.0 Å².